The van der Waals surface area contributed by atoms with E-state index in [0.29, 0.717) is 0 Å². The monoisotopic (exact) mass is 449 g/mol. The zero-order valence-corrected chi connectivity index (χ0v) is 16.8. The fourth-order valence-electron chi connectivity index (χ4n) is 2.59. The van der Waals surface area contributed by atoms with Gasteiger partial charge in [0.2, 0.25) is 29.1 Å². The second kappa shape index (κ2) is 10.2. The second-order valence-corrected chi connectivity index (χ2v) is 6.72. The van der Waals surface area contributed by atoms with E-state index < -0.39 is 42.2 Å². The van der Waals surface area contributed by atoms with Crippen LogP contribution in [0.25, 0.3) is 10.9 Å². The average Bonchev–Trinajstić information content (AvgIpc) is 3.03. The van der Waals surface area contributed by atoms with Gasteiger partial charge in [-0.3, -0.25) is 0 Å². The fourth-order valence-corrected chi connectivity index (χ4v) is 3.21. The van der Waals surface area contributed by atoms with E-state index in [0.717, 1.165) is 11.6 Å². The summed E-state index contributed by atoms with van der Waals surface area (Å²) in [5, 5.41) is 18.8. The number of benzene rings is 2. The third kappa shape index (κ3) is 5.06. The molecule has 0 fully saturated rings. The molecule has 1 heterocycles. The predicted octanol–water partition coefficient (Wildman–Crippen LogP) is 4.56. The Labute approximate surface area is 173 Å². The van der Waals surface area contributed by atoms with Crippen molar-refractivity contribution in [3.8, 4) is 5.75 Å². The van der Waals surface area contributed by atoms with Gasteiger partial charge in [0.25, 0.3) is 0 Å². The van der Waals surface area contributed by atoms with Crippen molar-refractivity contribution in [1.82, 2.24) is 4.98 Å². The Kier molecular flexibility index (Phi) is 8.13. The molecular weight excluding hydrogens is 432 g/mol. The molecule has 2 aromatic carbocycles. The van der Waals surface area contributed by atoms with E-state index in [1.54, 1.807) is 0 Å². The van der Waals surface area contributed by atoms with Crippen molar-refractivity contribution in [3.63, 3.8) is 0 Å². The number of aryl methyl sites for hydroxylation is 2. The van der Waals surface area contributed by atoms with Gasteiger partial charge in [-0.05, 0) is 38.0 Å². The van der Waals surface area contributed by atoms with Gasteiger partial charge < -0.3 is 23.9 Å². The smallest absolute Gasteiger partial charge is 0.507 e. The Bertz CT molecular complexity index is 1020. The first-order valence-electron chi connectivity index (χ1n) is 8.51. The molecule has 3 N–H and O–H groups in total. The summed E-state index contributed by atoms with van der Waals surface area (Å²) in [7, 11) is -2.70. The van der Waals surface area contributed by atoms with Crippen LogP contribution in [0.2, 0.25) is 0 Å². The maximum atomic E-state index is 12.7. The number of hydrogen-bond donors (Lipinski definition) is 3. The number of fused-ring (bicyclic) bond motifs is 1. The highest BCUT2D eigenvalue weighted by Gasteiger charge is 2.29. The van der Waals surface area contributed by atoms with Crippen LogP contribution in [0.1, 0.15) is 18.1 Å². The molecule has 5 nitrogen and oxygen atoms in total. The Balaban J connectivity index is 0.000000214. The average molecular weight is 449 g/mol. The Morgan fingerprint density at radius 2 is 1.53 bits per heavy atom. The van der Waals surface area contributed by atoms with Crippen LogP contribution in [0.4, 0.5) is 22.0 Å². The summed E-state index contributed by atoms with van der Waals surface area (Å²) >= 11 is 1.43. The molecule has 0 atom stereocenters. The van der Waals surface area contributed by atoms with Gasteiger partial charge in [0.05, 0.1) is 6.61 Å². The van der Waals surface area contributed by atoms with Crippen molar-refractivity contribution >= 4 is 30.3 Å². The van der Waals surface area contributed by atoms with Gasteiger partial charge in [0.1, 0.15) is 5.03 Å². The first-order valence-corrected chi connectivity index (χ1v) is 9.25. The number of rotatable bonds is 5. The highest BCUT2D eigenvalue weighted by molar-refractivity contribution is 7.94. The van der Waals surface area contributed by atoms with Crippen LogP contribution in [0, 0.1) is 42.9 Å². The van der Waals surface area contributed by atoms with Gasteiger partial charge in [-0.25, -0.2) is 13.2 Å². The molecule has 1 aromatic heterocycles. The van der Waals surface area contributed by atoms with E-state index in [2.05, 4.69) is 41.7 Å². The van der Waals surface area contributed by atoms with E-state index >= 15 is 0 Å². The molecule has 0 aliphatic rings. The Hall–Kier alpha value is -2.28. The lowest BCUT2D eigenvalue weighted by molar-refractivity contribution is 0.263. The van der Waals surface area contributed by atoms with Crippen LogP contribution in [0.5, 0.6) is 5.75 Å². The minimum Gasteiger partial charge on any atom is -0.507 e. The highest BCUT2D eigenvalue weighted by atomic mass is 32.2. The topological polar surface area (TPSA) is 74.7 Å². The van der Waals surface area contributed by atoms with Crippen LogP contribution in [0.15, 0.2) is 23.2 Å². The minimum atomic E-state index is -2.70. The summed E-state index contributed by atoms with van der Waals surface area (Å²) in [5.41, 5.74) is 3.78. The molecule has 0 aliphatic carbocycles. The third-order valence-electron chi connectivity index (χ3n) is 3.89. The minimum absolute atomic E-state index is 0.721. The van der Waals surface area contributed by atoms with Gasteiger partial charge in [-0.2, -0.15) is 8.78 Å². The molecule has 0 spiro atoms. The molecule has 0 bridgehead atoms. The van der Waals surface area contributed by atoms with Crippen molar-refractivity contribution in [1.29, 1.82) is 0 Å². The number of aromatic nitrogens is 1. The molecule has 0 saturated heterocycles. The molecule has 0 radical (unpaired) electrons. The van der Waals surface area contributed by atoms with Crippen LogP contribution < -0.4 is 4.65 Å². The molecule has 12 heteroatoms. The molecule has 0 amide bonds. The van der Waals surface area contributed by atoms with Crippen LogP contribution >= 0.6 is 12.0 Å². The van der Waals surface area contributed by atoms with Crippen molar-refractivity contribution in [2.75, 3.05) is 6.61 Å². The van der Waals surface area contributed by atoms with Gasteiger partial charge in [0.15, 0.2) is 5.75 Å². The lowest BCUT2D eigenvalue weighted by Gasteiger charge is -2.08. The van der Waals surface area contributed by atoms with Gasteiger partial charge in [-0.1, -0.05) is 12.1 Å². The fraction of sp³-hybridized carbons (Fsp3) is 0.222. The van der Waals surface area contributed by atoms with Gasteiger partial charge in [0, 0.05) is 22.9 Å². The molecule has 162 valence electrons. The lowest BCUT2D eigenvalue weighted by atomic mass is 10.1. The lowest BCUT2D eigenvalue weighted by Crippen LogP contribution is -2.23. The zero-order valence-electron chi connectivity index (χ0n) is 16.0. The van der Waals surface area contributed by atoms with Crippen molar-refractivity contribution in [2.24, 2.45) is 0 Å². The zero-order chi connectivity index (χ0) is 22.6. The summed E-state index contributed by atoms with van der Waals surface area (Å²) in [6, 6.07) is 6.31. The number of nitrogens with one attached hydrogen (secondary N) is 1. The highest BCUT2D eigenvalue weighted by Crippen LogP contribution is 2.31. The van der Waals surface area contributed by atoms with Crippen molar-refractivity contribution in [3.05, 3.63) is 58.4 Å². The predicted molar refractivity (Wildman–Crippen MR) is 102 cm³/mol. The molecular formula is C18H17BF5NO4S. The SMILES string of the molecule is CCOSc1[nH]c2cccc(C)c2c1C.OB(O)Oc1c(F)c(F)c(F)c(F)c1F. The summed E-state index contributed by atoms with van der Waals surface area (Å²) in [6.45, 7) is 6.99. The maximum Gasteiger partial charge on any atom is 0.707 e. The Morgan fingerprint density at radius 3 is 2.03 bits per heavy atom. The number of hydrogen-bond acceptors (Lipinski definition) is 5. The number of H-pyrrole nitrogens is 1. The number of aromatic amines is 1. The second-order valence-electron chi connectivity index (χ2n) is 5.91. The first kappa shape index (κ1) is 24.0. The normalized spacial score (nSPS) is 10.7. The quantitative estimate of drug-likeness (QED) is 0.175. The summed E-state index contributed by atoms with van der Waals surface area (Å²) in [4.78, 5) is 3.38. The van der Waals surface area contributed by atoms with Crippen molar-refractivity contribution in [2.45, 2.75) is 25.8 Å². The van der Waals surface area contributed by atoms with Crippen LogP contribution in [-0.4, -0.2) is 29.0 Å². The molecule has 0 saturated carbocycles. The van der Waals surface area contributed by atoms with Crippen LogP contribution in [-0.2, 0) is 4.18 Å². The molecule has 3 aromatic rings. The van der Waals surface area contributed by atoms with E-state index in [1.165, 1.54) is 34.1 Å². The van der Waals surface area contributed by atoms with E-state index in [1.807, 2.05) is 6.92 Å². The van der Waals surface area contributed by atoms with E-state index in [9.17, 15) is 22.0 Å². The Morgan fingerprint density at radius 1 is 0.967 bits per heavy atom. The maximum absolute atomic E-state index is 12.7. The van der Waals surface area contributed by atoms with Crippen molar-refractivity contribution < 1.29 is 40.8 Å². The summed E-state index contributed by atoms with van der Waals surface area (Å²) in [6.07, 6.45) is 0. The van der Waals surface area contributed by atoms with E-state index in [-0.39, 0.29) is 0 Å². The molecule has 30 heavy (non-hydrogen) atoms. The molecule has 0 aliphatic heterocycles. The van der Waals surface area contributed by atoms with Gasteiger partial charge >= 0.3 is 7.32 Å². The van der Waals surface area contributed by atoms with Gasteiger partial charge in [-0.15, -0.1) is 0 Å². The summed E-state index contributed by atoms with van der Waals surface area (Å²) in [5.74, 6) is -13.1. The van der Waals surface area contributed by atoms with E-state index in [4.69, 9.17) is 14.2 Å². The molecule has 0 unspecified atom stereocenters. The molecule has 3 rings (SSSR count). The summed E-state index contributed by atoms with van der Waals surface area (Å²) < 4.78 is 71.7. The first-order chi connectivity index (χ1) is 14.1. The third-order valence-corrected chi connectivity index (χ3v) is 4.82. The number of halogens is 5. The largest absolute Gasteiger partial charge is 0.707 e. The standard InChI is InChI=1S/C12H15NOS.C6H2BF5O3/c1-4-14-15-12-9(3)11-8(2)6-5-7-10(11)13-12;8-1-2(9)4(11)6(15-7(13)14)5(12)3(1)10/h5-7,13H,4H2,1-3H3;13-14H. The van der Waals surface area contributed by atoms with Crippen LogP contribution in [0.3, 0.4) is 0 Å².